The summed E-state index contributed by atoms with van der Waals surface area (Å²) < 4.78 is 1.59. The van der Waals surface area contributed by atoms with Crippen molar-refractivity contribution in [3.63, 3.8) is 0 Å². The van der Waals surface area contributed by atoms with Crippen LogP contribution < -0.4 is 11.1 Å². The highest BCUT2D eigenvalue weighted by atomic mass is 16.1. The maximum absolute atomic E-state index is 12.3. The van der Waals surface area contributed by atoms with Crippen LogP contribution in [0.4, 0.5) is 11.4 Å². The summed E-state index contributed by atoms with van der Waals surface area (Å²) in [5.74, 6) is -0.227. The number of para-hydroxylation sites is 2. The third-order valence-electron chi connectivity index (χ3n) is 2.97. The second-order valence-corrected chi connectivity index (χ2v) is 4.44. The Morgan fingerprint density at radius 1 is 1.14 bits per heavy atom. The van der Waals surface area contributed by atoms with E-state index in [4.69, 9.17) is 5.73 Å². The minimum Gasteiger partial charge on any atom is -0.399 e. The monoisotopic (exact) mass is 279 g/mol. The fourth-order valence-corrected chi connectivity index (χ4v) is 1.99. The van der Waals surface area contributed by atoms with Gasteiger partial charge in [-0.25, -0.2) is 4.68 Å². The van der Waals surface area contributed by atoms with Gasteiger partial charge in [-0.2, -0.15) is 0 Å². The van der Waals surface area contributed by atoms with Gasteiger partial charge in [-0.1, -0.05) is 23.4 Å². The average molecular weight is 279 g/mol. The van der Waals surface area contributed by atoms with Crippen LogP contribution in [0.15, 0.2) is 60.9 Å². The second-order valence-electron chi connectivity index (χ2n) is 4.44. The molecule has 0 unspecified atom stereocenters. The van der Waals surface area contributed by atoms with Gasteiger partial charge in [0, 0.05) is 11.3 Å². The topological polar surface area (TPSA) is 85.8 Å². The van der Waals surface area contributed by atoms with E-state index in [1.54, 1.807) is 47.4 Å². The molecule has 0 radical (unpaired) electrons. The average Bonchev–Trinajstić information content (AvgIpc) is 3.02. The molecule has 3 aromatic rings. The molecule has 0 aliphatic rings. The van der Waals surface area contributed by atoms with Crippen LogP contribution in [0.25, 0.3) is 5.69 Å². The first-order valence-electron chi connectivity index (χ1n) is 6.36. The van der Waals surface area contributed by atoms with Gasteiger partial charge in [-0.05, 0) is 30.3 Å². The fraction of sp³-hybridized carbons (Fsp3) is 0. The summed E-state index contributed by atoms with van der Waals surface area (Å²) >= 11 is 0. The number of nitrogens with zero attached hydrogens (tertiary/aromatic N) is 3. The van der Waals surface area contributed by atoms with E-state index in [1.807, 2.05) is 18.2 Å². The number of aromatic nitrogens is 3. The Bertz CT molecular complexity index is 767. The molecular weight excluding hydrogens is 266 g/mol. The van der Waals surface area contributed by atoms with Gasteiger partial charge in [0.25, 0.3) is 5.91 Å². The molecule has 0 saturated carbocycles. The van der Waals surface area contributed by atoms with Crippen LogP contribution in [0, 0.1) is 0 Å². The molecule has 0 atom stereocenters. The number of carbonyl (C=O) groups is 1. The fourth-order valence-electron chi connectivity index (χ4n) is 1.99. The zero-order valence-corrected chi connectivity index (χ0v) is 11.1. The predicted molar refractivity (Wildman–Crippen MR) is 80.2 cm³/mol. The first-order valence-corrected chi connectivity index (χ1v) is 6.36. The van der Waals surface area contributed by atoms with Crippen molar-refractivity contribution in [1.82, 2.24) is 15.0 Å². The lowest BCUT2D eigenvalue weighted by atomic mass is 10.2. The third-order valence-corrected chi connectivity index (χ3v) is 2.97. The zero-order valence-electron chi connectivity index (χ0n) is 11.1. The highest BCUT2D eigenvalue weighted by Gasteiger charge is 2.10. The van der Waals surface area contributed by atoms with Crippen molar-refractivity contribution in [2.45, 2.75) is 0 Å². The van der Waals surface area contributed by atoms with Gasteiger partial charge in [0.2, 0.25) is 0 Å². The normalized spacial score (nSPS) is 10.3. The van der Waals surface area contributed by atoms with Crippen molar-refractivity contribution in [2.24, 2.45) is 0 Å². The van der Waals surface area contributed by atoms with Crippen molar-refractivity contribution >= 4 is 17.3 Å². The van der Waals surface area contributed by atoms with Gasteiger partial charge < -0.3 is 11.1 Å². The molecule has 104 valence electrons. The molecule has 1 amide bonds. The maximum atomic E-state index is 12.3. The minimum atomic E-state index is -0.227. The second kappa shape index (κ2) is 5.46. The van der Waals surface area contributed by atoms with Crippen molar-refractivity contribution in [1.29, 1.82) is 0 Å². The van der Waals surface area contributed by atoms with Crippen LogP contribution in [-0.2, 0) is 0 Å². The molecule has 2 aromatic carbocycles. The summed E-state index contributed by atoms with van der Waals surface area (Å²) in [6.07, 6.45) is 3.29. The number of rotatable bonds is 3. The van der Waals surface area contributed by atoms with Crippen molar-refractivity contribution in [2.75, 3.05) is 11.1 Å². The SMILES string of the molecule is Nc1cccc(C(=O)Nc2ccccc2-n2ccnn2)c1. The highest BCUT2D eigenvalue weighted by Crippen LogP contribution is 2.20. The Balaban J connectivity index is 1.90. The van der Waals surface area contributed by atoms with Gasteiger partial charge in [0.05, 0.1) is 23.8 Å². The first-order chi connectivity index (χ1) is 10.2. The van der Waals surface area contributed by atoms with E-state index in [0.29, 0.717) is 16.9 Å². The lowest BCUT2D eigenvalue weighted by Gasteiger charge is -2.10. The summed E-state index contributed by atoms with van der Waals surface area (Å²) in [6, 6.07) is 14.2. The van der Waals surface area contributed by atoms with Crippen LogP contribution in [0.5, 0.6) is 0 Å². The Labute approximate surface area is 121 Å². The number of hydrogen-bond donors (Lipinski definition) is 2. The van der Waals surface area contributed by atoms with Gasteiger partial charge in [-0.15, -0.1) is 5.10 Å². The largest absolute Gasteiger partial charge is 0.399 e. The Hall–Kier alpha value is -3.15. The molecule has 1 aromatic heterocycles. The quantitative estimate of drug-likeness (QED) is 0.719. The third kappa shape index (κ3) is 2.74. The van der Waals surface area contributed by atoms with E-state index in [-0.39, 0.29) is 5.91 Å². The number of nitrogens with one attached hydrogen (secondary N) is 1. The molecule has 3 N–H and O–H groups in total. The molecule has 0 fully saturated rings. The number of amides is 1. The van der Waals surface area contributed by atoms with Crippen LogP contribution in [0.3, 0.4) is 0 Å². The van der Waals surface area contributed by atoms with Crippen LogP contribution >= 0.6 is 0 Å². The van der Waals surface area contributed by atoms with E-state index in [0.717, 1.165) is 5.69 Å². The summed E-state index contributed by atoms with van der Waals surface area (Å²) in [5.41, 5.74) is 8.14. The Morgan fingerprint density at radius 2 is 2.00 bits per heavy atom. The number of hydrogen-bond acceptors (Lipinski definition) is 4. The summed E-state index contributed by atoms with van der Waals surface area (Å²) in [4.78, 5) is 12.3. The standard InChI is InChI=1S/C15H13N5O/c16-12-5-3-4-11(10-12)15(21)18-13-6-1-2-7-14(13)20-9-8-17-19-20/h1-10H,16H2,(H,18,21). The molecule has 6 nitrogen and oxygen atoms in total. The number of nitrogen functional groups attached to an aromatic ring is 1. The molecule has 0 aliphatic carbocycles. The lowest BCUT2D eigenvalue weighted by molar-refractivity contribution is 0.102. The highest BCUT2D eigenvalue weighted by molar-refractivity contribution is 6.05. The Kier molecular flexibility index (Phi) is 3.34. The molecular formula is C15H13N5O. The smallest absolute Gasteiger partial charge is 0.255 e. The maximum Gasteiger partial charge on any atom is 0.255 e. The van der Waals surface area contributed by atoms with Crippen molar-refractivity contribution in [3.05, 3.63) is 66.5 Å². The Morgan fingerprint density at radius 3 is 2.76 bits per heavy atom. The van der Waals surface area contributed by atoms with Crippen molar-refractivity contribution < 1.29 is 4.79 Å². The van der Waals surface area contributed by atoms with Crippen LogP contribution in [-0.4, -0.2) is 20.9 Å². The van der Waals surface area contributed by atoms with Gasteiger partial charge in [-0.3, -0.25) is 4.79 Å². The minimum absolute atomic E-state index is 0.227. The molecule has 6 heteroatoms. The molecule has 21 heavy (non-hydrogen) atoms. The van der Waals surface area contributed by atoms with Crippen LogP contribution in [0.2, 0.25) is 0 Å². The lowest BCUT2D eigenvalue weighted by Crippen LogP contribution is -2.14. The summed E-state index contributed by atoms with van der Waals surface area (Å²) in [6.45, 7) is 0. The van der Waals surface area contributed by atoms with E-state index >= 15 is 0 Å². The number of anilines is 2. The molecule has 1 heterocycles. The zero-order chi connectivity index (χ0) is 14.7. The van der Waals surface area contributed by atoms with E-state index in [1.165, 1.54) is 0 Å². The van der Waals surface area contributed by atoms with Crippen LogP contribution in [0.1, 0.15) is 10.4 Å². The van der Waals surface area contributed by atoms with Gasteiger partial charge in [0.1, 0.15) is 0 Å². The van der Waals surface area contributed by atoms with E-state index in [9.17, 15) is 4.79 Å². The first kappa shape index (κ1) is 12.9. The molecule has 0 spiro atoms. The predicted octanol–water partition coefficient (Wildman–Crippen LogP) is 2.10. The van der Waals surface area contributed by atoms with Gasteiger partial charge in [0.15, 0.2) is 0 Å². The summed E-state index contributed by atoms with van der Waals surface area (Å²) in [5, 5.41) is 10.6. The number of nitrogens with two attached hydrogens (primary N) is 1. The molecule has 0 aliphatic heterocycles. The van der Waals surface area contributed by atoms with Crippen molar-refractivity contribution in [3.8, 4) is 5.69 Å². The molecule has 0 saturated heterocycles. The number of carbonyl (C=O) groups excluding carboxylic acids is 1. The van der Waals surface area contributed by atoms with E-state index < -0.39 is 0 Å². The number of benzene rings is 2. The molecule has 0 bridgehead atoms. The van der Waals surface area contributed by atoms with E-state index in [2.05, 4.69) is 15.6 Å². The molecule has 3 rings (SSSR count). The van der Waals surface area contributed by atoms with Gasteiger partial charge >= 0.3 is 0 Å². The summed E-state index contributed by atoms with van der Waals surface area (Å²) in [7, 11) is 0.